The van der Waals surface area contributed by atoms with Gasteiger partial charge in [0.05, 0.1) is 10.6 Å². The maximum atomic E-state index is 12.2. The summed E-state index contributed by atoms with van der Waals surface area (Å²) in [4.78, 5) is 11.9. The molecule has 2 rings (SSSR count). The van der Waals surface area contributed by atoms with E-state index in [4.69, 9.17) is 0 Å². The first-order valence-electron chi connectivity index (χ1n) is 7.55. The Bertz CT molecular complexity index is 805. The van der Waals surface area contributed by atoms with Crippen molar-refractivity contribution >= 4 is 21.6 Å². The molecule has 0 radical (unpaired) electrons. The molecule has 1 amide bonds. The van der Waals surface area contributed by atoms with E-state index in [0.717, 1.165) is 16.8 Å². The number of nitrogens with one attached hydrogen (secondary N) is 3. The van der Waals surface area contributed by atoms with Crippen molar-refractivity contribution in [3.05, 3.63) is 59.7 Å². The van der Waals surface area contributed by atoms with Gasteiger partial charge in [0.1, 0.15) is 0 Å². The van der Waals surface area contributed by atoms with Crippen LogP contribution in [0.4, 0.5) is 5.69 Å². The van der Waals surface area contributed by atoms with Crippen LogP contribution in [0.25, 0.3) is 0 Å². The zero-order valence-corrected chi connectivity index (χ0v) is 14.5. The molecule has 0 saturated heterocycles. The highest BCUT2D eigenvalue weighted by Crippen LogP contribution is 2.14. The summed E-state index contributed by atoms with van der Waals surface area (Å²) in [6, 6.07) is 14.1. The smallest absolute Gasteiger partial charge is 0.240 e. The Morgan fingerprint density at radius 1 is 1.00 bits per heavy atom. The normalized spacial score (nSPS) is 11.1. The van der Waals surface area contributed by atoms with Crippen molar-refractivity contribution in [2.45, 2.75) is 25.2 Å². The molecule has 3 N–H and O–H groups in total. The van der Waals surface area contributed by atoms with Gasteiger partial charge in [0.15, 0.2) is 0 Å². The molecule has 0 aliphatic carbocycles. The molecule has 2 aromatic carbocycles. The molecule has 0 atom stereocenters. The number of benzene rings is 2. The third-order valence-electron chi connectivity index (χ3n) is 3.55. The molecule has 7 heteroatoms. The van der Waals surface area contributed by atoms with Crippen molar-refractivity contribution in [1.82, 2.24) is 10.1 Å². The molecule has 6 nitrogen and oxygen atoms in total. The van der Waals surface area contributed by atoms with Gasteiger partial charge >= 0.3 is 0 Å². The van der Waals surface area contributed by atoms with Gasteiger partial charge in [0.25, 0.3) is 0 Å². The van der Waals surface area contributed by atoms with Gasteiger partial charge in [-0.2, -0.15) is 0 Å². The summed E-state index contributed by atoms with van der Waals surface area (Å²) < 4.78 is 26.8. The number of hydrazine groups is 1. The van der Waals surface area contributed by atoms with Crippen molar-refractivity contribution in [1.29, 1.82) is 0 Å². The molecule has 0 aliphatic heterocycles. The number of aryl methyl sites for hydroxylation is 2. The van der Waals surface area contributed by atoms with Gasteiger partial charge in [-0.05, 0) is 49.2 Å². The summed E-state index contributed by atoms with van der Waals surface area (Å²) >= 11 is 0. The summed E-state index contributed by atoms with van der Waals surface area (Å²) in [7, 11) is -3.61. The van der Waals surface area contributed by atoms with Crippen LogP contribution in [0.1, 0.15) is 17.5 Å². The monoisotopic (exact) mass is 347 g/mol. The number of carbonyl (C=O) groups excluding carboxylic acids is 1. The first-order valence-corrected chi connectivity index (χ1v) is 9.03. The molecule has 0 saturated carbocycles. The first-order chi connectivity index (χ1) is 11.4. The summed E-state index contributed by atoms with van der Waals surface area (Å²) in [5, 5.41) is 0. The lowest BCUT2D eigenvalue weighted by Crippen LogP contribution is -2.33. The van der Waals surface area contributed by atoms with Crippen LogP contribution >= 0.6 is 0 Å². The molecule has 0 unspecified atom stereocenters. The standard InChI is InChI=1S/C17H21N3O3S/c1-13-8-9-16(12-14(13)2)24(22,23)18-11-10-17(21)20-19-15-6-4-3-5-7-15/h3-9,12,18-19H,10-11H2,1-2H3,(H,20,21). The minimum atomic E-state index is -3.61. The number of hydrogen-bond acceptors (Lipinski definition) is 4. The number of sulfonamides is 1. The Balaban J connectivity index is 1.82. The van der Waals surface area contributed by atoms with E-state index < -0.39 is 10.0 Å². The maximum absolute atomic E-state index is 12.2. The first kappa shape index (κ1) is 18.0. The lowest BCUT2D eigenvalue weighted by Gasteiger charge is -2.10. The Morgan fingerprint density at radius 3 is 2.38 bits per heavy atom. The fourth-order valence-electron chi connectivity index (χ4n) is 1.99. The molecule has 0 aromatic heterocycles. The van der Waals surface area contributed by atoms with Crippen molar-refractivity contribution in [3.8, 4) is 0 Å². The lowest BCUT2D eigenvalue weighted by atomic mass is 10.1. The van der Waals surface area contributed by atoms with Crippen LogP contribution in [0.3, 0.4) is 0 Å². The van der Waals surface area contributed by atoms with Gasteiger partial charge in [0, 0.05) is 13.0 Å². The number of hydrogen-bond donors (Lipinski definition) is 3. The molecular weight excluding hydrogens is 326 g/mol. The predicted molar refractivity (Wildman–Crippen MR) is 93.9 cm³/mol. The topological polar surface area (TPSA) is 87.3 Å². The predicted octanol–water partition coefficient (Wildman–Crippen LogP) is 2.12. The van der Waals surface area contributed by atoms with E-state index in [1.54, 1.807) is 18.2 Å². The second-order valence-electron chi connectivity index (χ2n) is 5.43. The minimum Gasteiger partial charge on any atom is -0.299 e. The highest BCUT2D eigenvalue weighted by molar-refractivity contribution is 7.89. The second kappa shape index (κ2) is 7.94. The third kappa shape index (κ3) is 5.07. The van der Waals surface area contributed by atoms with Gasteiger partial charge in [0.2, 0.25) is 15.9 Å². The number of carbonyl (C=O) groups is 1. The van der Waals surface area contributed by atoms with Crippen molar-refractivity contribution in [2.75, 3.05) is 12.0 Å². The van der Waals surface area contributed by atoms with Crippen LogP contribution in [-0.4, -0.2) is 20.9 Å². The average molecular weight is 347 g/mol. The molecule has 0 fully saturated rings. The number of anilines is 1. The summed E-state index contributed by atoms with van der Waals surface area (Å²) in [6.07, 6.45) is 0.0317. The van der Waals surface area contributed by atoms with Crippen LogP contribution in [0, 0.1) is 13.8 Å². The Morgan fingerprint density at radius 2 is 1.71 bits per heavy atom. The minimum absolute atomic E-state index is 0.0254. The van der Waals surface area contributed by atoms with Crippen LogP contribution in [0.5, 0.6) is 0 Å². The van der Waals surface area contributed by atoms with E-state index in [-0.39, 0.29) is 23.8 Å². The lowest BCUT2D eigenvalue weighted by molar-refractivity contribution is -0.120. The number of amides is 1. The number of para-hydroxylation sites is 1. The van der Waals surface area contributed by atoms with E-state index in [1.807, 2.05) is 44.2 Å². The van der Waals surface area contributed by atoms with E-state index in [1.165, 1.54) is 0 Å². The van der Waals surface area contributed by atoms with E-state index in [9.17, 15) is 13.2 Å². The van der Waals surface area contributed by atoms with Crippen molar-refractivity contribution in [2.24, 2.45) is 0 Å². The average Bonchev–Trinajstić information content (AvgIpc) is 2.56. The Kier molecular flexibility index (Phi) is 5.94. The van der Waals surface area contributed by atoms with E-state index in [2.05, 4.69) is 15.6 Å². The molecule has 0 bridgehead atoms. The van der Waals surface area contributed by atoms with Crippen molar-refractivity contribution in [3.63, 3.8) is 0 Å². The molecular formula is C17H21N3O3S. The van der Waals surface area contributed by atoms with Crippen LogP contribution in [0.15, 0.2) is 53.4 Å². The van der Waals surface area contributed by atoms with Gasteiger partial charge < -0.3 is 0 Å². The quantitative estimate of drug-likeness (QED) is 0.670. The molecule has 24 heavy (non-hydrogen) atoms. The van der Waals surface area contributed by atoms with E-state index in [0.29, 0.717) is 0 Å². The van der Waals surface area contributed by atoms with Gasteiger partial charge in [-0.25, -0.2) is 13.1 Å². The fourth-order valence-corrected chi connectivity index (χ4v) is 3.11. The summed E-state index contributed by atoms with van der Waals surface area (Å²) in [5.41, 5.74) is 7.96. The molecule has 0 aliphatic rings. The van der Waals surface area contributed by atoms with Crippen molar-refractivity contribution < 1.29 is 13.2 Å². The fraction of sp³-hybridized carbons (Fsp3) is 0.235. The number of rotatable bonds is 7. The Hall–Kier alpha value is -2.38. The molecule has 128 valence electrons. The van der Waals surface area contributed by atoms with E-state index >= 15 is 0 Å². The third-order valence-corrected chi connectivity index (χ3v) is 5.01. The summed E-state index contributed by atoms with van der Waals surface area (Å²) in [5.74, 6) is -0.304. The largest absolute Gasteiger partial charge is 0.299 e. The van der Waals surface area contributed by atoms with Crippen LogP contribution in [-0.2, 0) is 14.8 Å². The van der Waals surface area contributed by atoms with Gasteiger partial charge in [-0.15, -0.1) is 0 Å². The zero-order chi connectivity index (χ0) is 17.6. The highest BCUT2D eigenvalue weighted by atomic mass is 32.2. The van der Waals surface area contributed by atoms with Crippen LogP contribution in [0.2, 0.25) is 0 Å². The zero-order valence-electron chi connectivity index (χ0n) is 13.7. The Labute approximate surface area is 142 Å². The second-order valence-corrected chi connectivity index (χ2v) is 7.20. The SMILES string of the molecule is Cc1ccc(S(=O)(=O)NCCC(=O)NNc2ccccc2)cc1C. The molecule has 0 spiro atoms. The van der Waals surface area contributed by atoms with Crippen LogP contribution < -0.4 is 15.6 Å². The summed E-state index contributed by atoms with van der Waals surface area (Å²) in [6.45, 7) is 3.80. The van der Waals surface area contributed by atoms with Gasteiger partial charge in [-0.3, -0.25) is 15.6 Å². The molecule has 0 heterocycles. The maximum Gasteiger partial charge on any atom is 0.240 e. The van der Waals surface area contributed by atoms with Gasteiger partial charge in [-0.1, -0.05) is 24.3 Å². The highest BCUT2D eigenvalue weighted by Gasteiger charge is 2.14. The molecule has 2 aromatic rings.